The second kappa shape index (κ2) is 10.9. The first-order chi connectivity index (χ1) is 18.0. The van der Waals surface area contributed by atoms with Crippen molar-refractivity contribution in [2.75, 3.05) is 13.7 Å². The predicted octanol–water partition coefficient (Wildman–Crippen LogP) is 5.55. The summed E-state index contributed by atoms with van der Waals surface area (Å²) in [7, 11) is 1.58. The van der Waals surface area contributed by atoms with Crippen molar-refractivity contribution < 1.29 is 28.9 Å². The number of nitrogens with one attached hydrogen (secondary N) is 1. The minimum atomic E-state index is -1.15. The number of rotatable bonds is 9. The highest BCUT2D eigenvalue weighted by atomic mass is 16.5. The molecule has 0 bridgehead atoms. The molecule has 2 N–H and O–H groups in total. The average Bonchev–Trinajstić information content (AvgIpc) is 3.53. The highest BCUT2D eigenvalue weighted by molar-refractivity contribution is 5.81. The topological polar surface area (TPSA) is 94.1 Å². The van der Waals surface area contributed by atoms with Gasteiger partial charge in [-0.25, -0.2) is 9.59 Å². The van der Waals surface area contributed by atoms with Crippen molar-refractivity contribution >= 4 is 12.1 Å². The van der Waals surface area contributed by atoms with E-state index in [1.165, 1.54) is 0 Å². The molecule has 2 aliphatic carbocycles. The van der Waals surface area contributed by atoms with Gasteiger partial charge in [0.25, 0.3) is 0 Å². The van der Waals surface area contributed by atoms with Crippen molar-refractivity contribution in [3.05, 3.63) is 83.4 Å². The molecule has 37 heavy (non-hydrogen) atoms. The van der Waals surface area contributed by atoms with Gasteiger partial charge in [-0.3, -0.25) is 0 Å². The number of carbonyl (C=O) groups is 2. The monoisotopic (exact) mass is 501 g/mol. The highest BCUT2D eigenvalue weighted by Crippen LogP contribution is 2.44. The molecule has 0 aliphatic heterocycles. The lowest BCUT2D eigenvalue weighted by Gasteiger charge is -2.19. The van der Waals surface area contributed by atoms with E-state index in [0.717, 1.165) is 53.5 Å². The number of methoxy groups -OCH3 is 1. The third-order valence-electron chi connectivity index (χ3n) is 7.20. The lowest BCUT2D eigenvalue weighted by Crippen LogP contribution is -2.42. The molecule has 7 heteroatoms. The number of carboxylic acid groups (broad SMARTS) is 1. The molecule has 3 aromatic carbocycles. The van der Waals surface area contributed by atoms with E-state index in [0.29, 0.717) is 11.5 Å². The minimum absolute atomic E-state index is 0.0878. The molecule has 1 amide bonds. The van der Waals surface area contributed by atoms with Crippen LogP contribution in [-0.2, 0) is 16.0 Å². The Labute approximate surface area is 216 Å². The first-order valence-corrected chi connectivity index (χ1v) is 12.7. The van der Waals surface area contributed by atoms with Crippen molar-refractivity contribution in [2.45, 2.75) is 50.2 Å². The lowest BCUT2D eigenvalue weighted by molar-refractivity contribution is -0.139. The number of amides is 1. The fraction of sp³-hybridized carbons (Fsp3) is 0.333. The van der Waals surface area contributed by atoms with Gasteiger partial charge in [0.2, 0.25) is 0 Å². The molecule has 2 aliphatic rings. The molecule has 1 fully saturated rings. The molecule has 0 heterocycles. The molecule has 192 valence electrons. The standard InChI is InChI=1S/C30H31NO6/c1-35-27-15-14-19(17-28(27)37-20-8-2-3-9-20)16-26(29(32)33)31-30(34)36-18-25-23-12-6-4-10-21(23)22-11-5-7-13-24(22)25/h4-7,10-15,17,20,25-26H,2-3,8-9,16,18H2,1H3,(H,31,34)(H,32,33). The Hall–Kier alpha value is -4.00. The van der Waals surface area contributed by atoms with E-state index in [1.807, 2.05) is 36.4 Å². The van der Waals surface area contributed by atoms with Gasteiger partial charge in [0.15, 0.2) is 11.5 Å². The van der Waals surface area contributed by atoms with Crippen LogP contribution in [0.3, 0.4) is 0 Å². The van der Waals surface area contributed by atoms with Crippen LogP contribution in [0.15, 0.2) is 66.7 Å². The quantitative estimate of drug-likeness (QED) is 0.399. The van der Waals surface area contributed by atoms with E-state index in [2.05, 4.69) is 17.4 Å². The Balaban J connectivity index is 1.24. The van der Waals surface area contributed by atoms with E-state index in [1.54, 1.807) is 25.3 Å². The van der Waals surface area contributed by atoms with Crippen molar-refractivity contribution in [1.29, 1.82) is 0 Å². The van der Waals surface area contributed by atoms with Gasteiger partial charge in [0.05, 0.1) is 13.2 Å². The van der Waals surface area contributed by atoms with Crippen LogP contribution in [0.2, 0.25) is 0 Å². The second-order valence-corrected chi connectivity index (χ2v) is 9.57. The van der Waals surface area contributed by atoms with Crippen molar-refractivity contribution in [3.8, 4) is 22.6 Å². The Morgan fingerprint density at radius 2 is 1.59 bits per heavy atom. The maximum absolute atomic E-state index is 12.7. The maximum Gasteiger partial charge on any atom is 0.407 e. The normalized spacial score (nSPS) is 15.5. The summed E-state index contributed by atoms with van der Waals surface area (Å²) in [6, 6.07) is 20.3. The molecule has 0 spiro atoms. The summed E-state index contributed by atoms with van der Waals surface area (Å²) < 4.78 is 17.1. The first-order valence-electron chi connectivity index (χ1n) is 12.7. The molecule has 5 rings (SSSR count). The fourth-order valence-corrected chi connectivity index (χ4v) is 5.34. The van der Waals surface area contributed by atoms with Crippen molar-refractivity contribution in [3.63, 3.8) is 0 Å². The van der Waals surface area contributed by atoms with Crippen LogP contribution in [0.5, 0.6) is 11.5 Å². The van der Waals surface area contributed by atoms with E-state index < -0.39 is 18.1 Å². The SMILES string of the molecule is COc1ccc(CC(NC(=O)OCC2c3ccccc3-c3ccccc32)C(=O)O)cc1OC1CCCC1. The van der Waals surface area contributed by atoms with Crippen molar-refractivity contribution in [1.82, 2.24) is 5.32 Å². The number of hydrogen-bond acceptors (Lipinski definition) is 5. The summed E-state index contributed by atoms with van der Waals surface area (Å²) in [5.41, 5.74) is 5.18. The number of carboxylic acids is 1. The summed E-state index contributed by atoms with van der Waals surface area (Å²) in [6.07, 6.45) is 3.73. The molecule has 1 unspecified atom stereocenters. The smallest absolute Gasteiger partial charge is 0.407 e. The minimum Gasteiger partial charge on any atom is -0.493 e. The number of aliphatic carboxylic acids is 1. The Morgan fingerprint density at radius 1 is 0.946 bits per heavy atom. The van der Waals surface area contributed by atoms with Gasteiger partial charge in [0.1, 0.15) is 12.6 Å². The zero-order valence-electron chi connectivity index (χ0n) is 20.8. The third-order valence-corrected chi connectivity index (χ3v) is 7.20. The van der Waals surface area contributed by atoms with E-state index in [4.69, 9.17) is 14.2 Å². The van der Waals surface area contributed by atoms with Crippen LogP contribution in [0.4, 0.5) is 4.79 Å². The average molecular weight is 502 g/mol. The maximum atomic E-state index is 12.7. The molecular weight excluding hydrogens is 470 g/mol. The largest absolute Gasteiger partial charge is 0.493 e. The first kappa shape index (κ1) is 24.7. The molecular formula is C30H31NO6. The summed E-state index contributed by atoms with van der Waals surface area (Å²) in [5, 5.41) is 12.3. The second-order valence-electron chi connectivity index (χ2n) is 9.57. The van der Waals surface area contributed by atoms with Gasteiger partial charge in [-0.05, 0) is 65.6 Å². The zero-order chi connectivity index (χ0) is 25.8. The summed E-state index contributed by atoms with van der Waals surface area (Å²) in [4.78, 5) is 24.7. The fourth-order valence-electron chi connectivity index (χ4n) is 5.34. The van der Waals surface area contributed by atoms with Gasteiger partial charge in [-0.2, -0.15) is 0 Å². The highest BCUT2D eigenvalue weighted by Gasteiger charge is 2.30. The van der Waals surface area contributed by atoms with E-state index in [-0.39, 0.29) is 25.0 Å². The van der Waals surface area contributed by atoms with Crippen molar-refractivity contribution in [2.24, 2.45) is 0 Å². The van der Waals surface area contributed by atoms with Gasteiger partial charge >= 0.3 is 12.1 Å². The number of alkyl carbamates (subject to hydrolysis) is 1. The van der Waals surface area contributed by atoms with Gasteiger partial charge in [0, 0.05) is 12.3 Å². The van der Waals surface area contributed by atoms with Crippen LogP contribution < -0.4 is 14.8 Å². The van der Waals surface area contributed by atoms with Crippen LogP contribution in [-0.4, -0.2) is 43.0 Å². The summed E-state index contributed by atoms with van der Waals surface area (Å²) in [5.74, 6) is -0.0369. The molecule has 7 nitrogen and oxygen atoms in total. The van der Waals surface area contributed by atoms with Gasteiger partial charge in [-0.1, -0.05) is 54.6 Å². The van der Waals surface area contributed by atoms with E-state index >= 15 is 0 Å². The number of ether oxygens (including phenoxy) is 3. The Kier molecular flexibility index (Phi) is 7.30. The predicted molar refractivity (Wildman–Crippen MR) is 139 cm³/mol. The van der Waals surface area contributed by atoms with Crippen LogP contribution in [0.1, 0.15) is 48.3 Å². The number of carbonyl (C=O) groups excluding carboxylic acids is 1. The third kappa shape index (κ3) is 5.40. The molecule has 3 aromatic rings. The van der Waals surface area contributed by atoms with Gasteiger partial charge in [-0.15, -0.1) is 0 Å². The summed E-state index contributed by atoms with van der Waals surface area (Å²) in [6.45, 7) is 0.119. The van der Waals surface area contributed by atoms with Crippen LogP contribution in [0.25, 0.3) is 11.1 Å². The number of hydrogen-bond donors (Lipinski definition) is 2. The van der Waals surface area contributed by atoms with E-state index in [9.17, 15) is 14.7 Å². The molecule has 0 aromatic heterocycles. The number of benzene rings is 3. The lowest BCUT2D eigenvalue weighted by atomic mass is 9.98. The van der Waals surface area contributed by atoms with Crippen LogP contribution in [0, 0.1) is 0 Å². The zero-order valence-corrected chi connectivity index (χ0v) is 20.8. The molecule has 0 radical (unpaired) electrons. The van der Waals surface area contributed by atoms with Crippen LogP contribution >= 0.6 is 0 Å². The Morgan fingerprint density at radius 3 is 2.22 bits per heavy atom. The molecule has 1 atom stereocenters. The Bertz CT molecular complexity index is 1240. The number of fused-ring (bicyclic) bond motifs is 3. The molecule has 1 saturated carbocycles. The molecule has 0 saturated heterocycles. The van der Waals surface area contributed by atoms with Gasteiger partial charge < -0.3 is 24.6 Å². The summed E-state index contributed by atoms with van der Waals surface area (Å²) >= 11 is 0.